The fraction of sp³-hybridized carbons (Fsp3) is 0.167. The van der Waals surface area contributed by atoms with E-state index in [2.05, 4.69) is 11.0 Å². The standard InChI is InChI=1S/C18H19NO4S2/c1-13-5-9-15(10-6-13)24-17(18(20)22-3)19-23-25(4,21)16-11-7-14(2)8-12-16/h5-12H,4H2,1-3H3/b19-17-. The predicted octanol–water partition coefficient (Wildman–Crippen LogP) is 3.59. The number of esters is 1. The smallest absolute Gasteiger partial charge is 0.367 e. The van der Waals surface area contributed by atoms with Gasteiger partial charge in [-0.2, -0.15) is 0 Å². The van der Waals surface area contributed by atoms with E-state index in [0.717, 1.165) is 27.8 Å². The van der Waals surface area contributed by atoms with Crippen molar-refractivity contribution in [3.8, 4) is 0 Å². The minimum Gasteiger partial charge on any atom is -0.464 e. The Labute approximate surface area is 152 Å². The number of oxime groups is 1. The van der Waals surface area contributed by atoms with Gasteiger partial charge in [0.1, 0.15) is 0 Å². The highest BCUT2D eigenvalue weighted by molar-refractivity contribution is 8.15. The van der Waals surface area contributed by atoms with E-state index >= 15 is 0 Å². The predicted molar refractivity (Wildman–Crippen MR) is 102 cm³/mol. The molecule has 5 nitrogen and oxygen atoms in total. The van der Waals surface area contributed by atoms with Gasteiger partial charge in [0.25, 0.3) is 0 Å². The van der Waals surface area contributed by atoms with Crippen molar-refractivity contribution in [2.45, 2.75) is 23.6 Å². The lowest BCUT2D eigenvalue weighted by atomic mass is 10.2. The number of thioether (sulfide) groups is 1. The van der Waals surface area contributed by atoms with E-state index in [0.29, 0.717) is 4.90 Å². The summed E-state index contributed by atoms with van der Waals surface area (Å²) in [5, 5.41) is 3.69. The van der Waals surface area contributed by atoms with Crippen molar-refractivity contribution in [3.05, 3.63) is 59.7 Å². The van der Waals surface area contributed by atoms with Crippen LogP contribution in [0.25, 0.3) is 0 Å². The topological polar surface area (TPSA) is 65.0 Å². The van der Waals surface area contributed by atoms with Crippen LogP contribution in [0.2, 0.25) is 0 Å². The van der Waals surface area contributed by atoms with Gasteiger partial charge in [0.05, 0.1) is 12.0 Å². The van der Waals surface area contributed by atoms with Crippen LogP contribution in [-0.4, -0.2) is 28.2 Å². The van der Waals surface area contributed by atoms with Gasteiger partial charge in [0.2, 0.25) is 5.04 Å². The van der Waals surface area contributed by atoms with E-state index in [9.17, 15) is 9.00 Å². The van der Waals surface area contributed by atoms with Crippen molar-refractivity contribution in [2.75, 3.05) is 7.11 Å². The van der Waals surface area contributed by atoms with Crippen LogP contribution in [0, 0.1) is 13.8 Å². The van der Waals surface area contributed by atoms with Crippen LogP contribution in [0.1, 0.15) is 11.1 Å². The summed E-state index contributed by atoms with van der Waals surface area (Å²) in [5.74, 6) is 2.91. The zero-order valence-corrected chi connectivity index (χ0v) is 15.9. The highest BCUT2D eigenvalue weighted by Gasteiger charge is 2.17. The van der Waals surface area contributed by atoms with Gasteiger partial charge in [0, 0.05) is 4.90 Å². The number of ether oxygens (including phenoxy) is 1. The summed E-state index contributed by atoms with van der Waals surface area (Å²) in [6, 6.07) is 14.4. The maximum absolute atomic E-state index is 12.6. The van der Waals surface area contributed by atoms with Crippen LogP contribution in [0.5, 0.6) is 0 Å². The van der Waals surface area contributed by atoms with E-state index in [-0.39, 0.29) is 5.04 Å². The summed E-state index contributed by atoms with van der Waals surface area (Å²) in [7, 11) is -1.88. The fourth-order valence-electron chi connectivity index (χ4n) is 1.79. The zero-order valence-electron chi connectivity index (χ0n) is 14.2. The number of methoxy groups -OCH3 is 1. The maximum Gasteiger partial charge on any atom is 0.367 e. The van der Waals surface area contributed by atoms with Gasteiger partial charge in [-0.15, -0.1) is 0 Å². The first kappa shape index (κ1) is 19.1. The van der Waals surface area contributed by atoms with Crippen molar-refractivity contribution < 1.29 is 18.0 Å². The molecule has 0 saturated heterocycles. The molecule has 0 aliphatic heterocycles. The van der Waals surface area contributed by atoms with Crippen LogP contribution < -0.4 is 0 Å². The third-order valence-corrected chi connectivity index (χ3v) is 5.46. The third-order valence-electron chi connectivity index (χ3n) is 3.22. The second-order valence-electron chi connectivity index (χ2n) is 5.31. The molecule has 0 aromatic heterocycles. The molecule has 1 atom stereocenters. The molecule has 2 rings (SSSR count). The first-order valence-corrected chi connectivity index (χ1v) is 9.82. The fourth-order valence-corrected chi connectivity index (χ4v) is 3.40. The minimum absolute atomic E-state index is 0.0603. The molecule has 0 amide bonds. The number of aryl methyl sites for hydroxylation is 2. The summed E-state index contributed by atoms with van der Waals surface area (Å²) < 4.78 is 22.4. The Morgan fingerprint density at radius 1 is 1.04 bits per heavy atom. The lowest BCUT2D eigenvalue weighted by molar-refractivity contribution is -0.132. The number of hydrogen-bond acceptors (Lipinski definition) is 6. The highest BCUT2D eigenvalue weighted by atomic mass is 32.2. The summed E-state index contributed by atoms with van der Waals surface area (Å²) in [4.78, 5) is 13.1. The van der Waals surface area contributed by atoms with Crippen molar-refractivity contribution in [1.82, 2.24) is 0 Å². The summed E-state index contributed by atoms with van der Waals surface area (Å²) in [6.45, 7) is 3.88. The second kappa shape index (κ2) is 8.22. The van der Waals surface area contributed by atoms with Crippen molar-refractivity contribution in [1.29, 1.82) is 0 Å². The van der Waals surface area contributed by atoms with E-state index in [1.54, 1.807) is 24.3 Å². The van der Waals surface area contributed by atoms with Crippen molar-refractivity contribution in [3.63, 3.8) is 0 Å². The SMILES string of the molecule is C=S(=O)(O/N=C(\Sc1ccc(C)cc1)C(=O)OC)c1ccc(C)cc1. The number of benzene rings is 2. The average Bonchev–Trinajstić information content (AvgIpc) is 2.60. The Morgan fingerprint density at radius 2 is 1.56 bits per heavy atom. The lowest BCUT2D eigenvalue weighted by Gasteiger charge is -2.09. The summed E-state index contributed by atoms with van der Waals surface area (Å²) in [6.07, 6.45) is 0. The van der Waals surface area contributed by atoms with Crippen LogP contribution in [0.15, 0.2) is 63.5 Å². The van der Waals surface area contributed by atoms with Crippen LogP contribution in [-0.2, 0) is 23.6 Å². The van der Waals surface area contributed by atoms with E-state index in [1.807, 2.05) is 38.1 Å². The highest BCUT2D eigenvalue weighted by Crippen LogP contribution is 2.22. The van der Waals surface area contributed by atoms with Crippen LogP contribution in [0.4, 0.5) is 0 Å². The molecule has 2 aromatic carbocycles. The molecule has 0 aliphatic rings. The Balaban J connectivity index is 2.23. The molecular weight excluding hydrogens is 358 g/mol. The van der Waals surface area contributed by atoms with Gasteiger partial charge < -0.3 is 4.74 Å². The van der Waals surface area contributed by atoms with Gasteiger partial charge in [-0.1, -0.05) is 52.3 Å². The average molecular weight is 377 g/mol. The molecule has 0 radical (unpaired) electrons. The van der Waals surface area contributed by atoms with E-state index < -0.39 is 15.8 Å². The number of carbonyl (C=O) groups excluding carboxylic acids is 1. The molecule has 1 unspecified atom stereocenters. The largest absolute Gasteiger partial charge is 0.464 e. The summed E-state index contributed by atoms with van der Waals surface area (Å²) in [5.41, 5.74) is 2.12. The van der Waals surface area contributed by atoms with Gasteiger partial charge in [-0.3, -0.25) is 4.28 Å². The van der Waals surface area contributed by atoms with Gasteiger partial charge in [-0.25, -0.2) is 9.00 Å². The summed E-state index contributed by atoms with van der Waals surface area (Å²) >= 11 is 1.07. The third kappa shape index (κ3) is 5.37. The van der Waals surface area contributed by atoms with E-state index in [1.165, 1.54) is 7.11 Å². The molecule has 2 aromatic rings. The molecule has 0 heterocycles. The molecule has 0 spiro atoms. The Kier molecular flexibility index (Phi) is 6.27. The number of hydrogen-bond donors (Lipinski definition) is 0. The molecule has 0 fully saturated rings. The van der Waals surface area contributed by atoms with Gasteiger partial charge >= 0.3 is 5.97 Å². The number of rotatable bonds is 4. The van der Waals surface area contributed by atoms with Crippen LogP contribution in [0.3, 0.4) is 0 Å². The second-order valence-corrected chi connectivity index (χ2v) is 8.22. The van der Waals surface area contributed by atoms with Crippen molar-refractivity contribution in [2.24, 2.45) is 5.16 Å². The normalized spacial score (nSPS) is 13.8. The molecule has 0 aliphatic carbocycles. The molecular formula is C18H19NO4S2. The quantitative estimate of drug-likeness (QED) is 0.203. The molecule has 0 N–H and O–H groups in total. The lowest BCUT2D eigenvalue weighted by Crippen LogP contribution is -2.14. The number of carbonyl (C=O) groups is 1. The first-order chi connectivity index (χ1) is 11.8. The van der Waals surface area contributed by atoms with E-state index in [4.69, 9.17) is 9.02 Å². The molecule has 7 heteroatoms. The Morgan fingerprint density at radius 3 is 2.08 bits per heavy atom. The minimum atomic E-state index is -3.12. The van der Waals surface area contributed by atoms with Gasteiger partial charge in [0.15, 0.2) is 9.80 Å². The maximum atomic E-state index is 12.6. The monoisotopic (exact) mass is 377 g/mol. The molecule has 0 bridgehead atoms. The van der Waals surface area contributed by atoms with Crippen LogP contribution >= 0.6 is 11.8 Å². The number of nitrogens with zero attached hydrogens (tertiary/aromatic N) is 1. The first-order valence-electron chi connectivity index (χ1n) is 7.35. The molecule has 132 valence electrons. The van der Waals surface area contributed by atoms with Gasteiger partial charge in [-0.05, 0) is 44.0 Å². The molecule has 25 heavy (non-hydrogen) atoms. The molecule has 0 saturated carbocycles. The Bertz CT molecular complexity index is 870. The Hall–Kier alpha value is -2.25. The van der Waals surface area contributed by atoms with Crippen molar-refractivity contribution >= 4 is 38.4 Å². The zero-order chi connectivity index (χ0) is 18.4.